The van der Waals surface area contributed by atoms with Crippen LogP contribution in [0.2, 0.25) is 0 Å². The number of nitrogens with zero attached hydrogens (tertiary/aromatic N) is 1. The molecular formula is C50H90NO7P. The van der Waals surface area contributed by atoms with E-state index in [0.717, 1.165) is 70.6 Å². The molecule has 0 aliphatic carbocycles. The minimum atomic E-state index is -4.54. The van der Waals surface area contributed by atoms with Crippen LogP contribution >= 0.6 is 7.82 Å². The number of carbonyl (C=O) groups excluding carboxylic acids is 1. The highest BCUT2D eigenvalue weighted by Gasteiger charge is 2.20. The zero-order valence-electron chi connectivity index (χ0n) is 38.7. The SMILES string of the molecule is CC/C=C\C/C=C\C/C=C\C/C=C\C/C=C\CCCCOCC(COP(=O)([O-])OCC[N+](C)(C)C)OC(=O)CCCCCCCCCCC/C=C\CCCCCCCC. The van der Waals surface area contributed by atoms with Crippen LogP contribution in [0.25, 0.3) is 0 Å². The van der Waals surface area contributed by atoms with E-state index in [-0.39, 0.29) is 25.8 Å². The molecule has 0 aromatic rings. The van der Waals surface area contributed by atoms with E-state index in [1.54, 1.807) is 0 Å². The maximum absolute atomic E-state index is 12.7. The van der Waals surface area contributed by atoms with Crippen LogP contribution < -0.4 is 4.89 Å². The van der Waals surface area contributed by atoms with Crippen molar-refractivity contribution in [2.24, 2.45) is 0 Å². The fourth-order valence-electron chi connectivity index (χ4n) is 6.10. The topological polar surface area (TPSA) is 94.1 Å². The largest absolute Gasteiger partial charge is 0.756 e. The standard InChI is InChI=1S/C50H90NO7P/c1-6-8-10-12-14-16-18-20-22-24-26-27-29-31-33-35-37-39-41-43-50(52)58-49(48-57-59(53,54)56-46-44-51(3,4)5)47-55-45-42-40-38-36-34-32-30-28-25-23-21-19-17-15-13-11-9-7-2/h9,11,15,17,20-23,28,30,34,36,49H,6-8,10,12-14,16,18-19,24-27,29,31-33,35,37-48H2,1-5H3/b11-9-,17-15-,22-20-,23-21-,30-28-,36-34-. The third kappa shape index (κ3) is 46.9. The summed E-state index contributed by atoms with van der Waals surface area (Å²) in [5.41, 5.74) is 0. The van der Waals surface area contributed by atoms with Crippen LogP contribution in [-0.2, 0) is 27.9 Å². The Morgan fingerprint density at radius 2 is 0.983 bits per heavy atom. The lowest BCUT2D eigenvalue weighted by atomic mass is 10.1. The quantitative estimate of drug-likeness (QED) is 0.0198. The van der Waals surface area contributed by atoms with Gasteiger partial charge in [-0.05, 0) is 83.5 Å². The highest BCUT2D eigenvalue weighted by Crippen LogP contribution is 2.38. The molecule has 0 aliphatic rings. The Balaban J connectivity index is 4.28. The molecule has 342 valence electrons. The van der Waals surface area contributed by atoms with E-state index in [4.69, 9.17) is 18.5 Å². The first-order chi connectivity index (χ1) is 28.6. The molecule has 0 spiro atoms. The molecule has 0 saturated heterocycles. The first-order valence-electron chi connectivity index (χ1n) is 23.7. The van der Waals surface area contributed by atoms with E-state index in [9.17, 15) is 14.3 Å². The molecule has 0 bridgehead atoms. The van der Waals surface area contributed by atoms with E-state index >= 15 is 0 Å². The van der Waals surface area contributed by atoms with Crippen molar-refractivity contribution in [1.82, 2.24) is 0 Å². The first-order valence-corrected chi connectivity index (χ1v) is 25.1. The summed E-state index contributed by atoms with van der Waals surface area (Å²) in [5.74, 6) is -0.353. The lowest BCUT2D eigenvalue weighted by molar-refractivity contribution is -0.870. The van der Waals surface area contributed by atoms with Crippen LogP contribution in [0.3, 0.4) is 0 Å². The highest BCUT2D eigenvalue weighted by atomic mass is 31.2. The number of allylic oxidation sites excluding steroid dienone is 12. The number of rotatable bonds is 43. The molecule has 2 unspecified atom stereocenters. The lowest BCUT2D eigenvalue weighted by Crippen LogP contribution is -2.37. The van der Waals surface area contributed by atoms with Crippen molar-refractivity contribution in [3.8, 4) is 0 Å². The first kappa shape index (κ1) is 56.9. The Labute approximate surface area is 363 Å². The van der Waals surface area contributed by atoms with Crippen molar-refractivity contribution in [1.29, 1.82) is 0 Å². The van der Waals surface area contributed by atoms with Crippen molar-refractivity contribution >= 4 is 13.8 Å². The lowest BCUT2D eigenvalue weighted by Gasteiger charge is -2.28. The molecule has 0 aliphatic heterocycles. The minimum absolute atomic E-state index is 0.0140. The second-order valence-corrected chi connectivity index (χ2v) is 18.1. The fraction of sp³-hybridized carbons (Fsp3) is 0.740. The van der Waals surface area contributed by atoms with Crippen molar-refractivity contribution in [3.63, 3.8) is 0 Å². The number of hydrogen-bond donors (Lipinski definition) is 0. The number of phosphoric acid groups is 1. The van der Waals surface area contributed by atoms with Crippen LogP contribution in [0.5, 0.6) is 0 Å². The molecule has 0 saturated carbocycles. The van der Waals surface area contributed by atoms with E-state index in [0.29, 0.717) is 24.1 Å². The van der Waals surface area contributed by atoms with Gasteiger partial charge in [0.25, 0.3) is 7.82 Å². The normalized spacial score (nSPS) is 14.3. The molecule has 8 nitrogen and oxygen atoms in total. The maximum atomic E-state index is 12.7. The van der Waals surface area contributed by atoms with Gasteiger partial charge in [0.1, 0.15) is 19.3 Å². The van der Waals surface area contributed by atoms with E-state index in [2.05, 4.69) is 86.8 Å². The van der Waals surface area contributed by atoms with E-state index in [1.807, 2.05) is 21.1 Å². The molecule has 0 amide bonds. The molecule has 0 aromatic carbocycles. The van der Waals surface area contributed by atoms with Crippen LogP contribution in [0.15, 0.2) is 72.9 Å². The Bertz CT molecular complexity index is 1170. The molecule has 0 radical (unpaired) electrons. The predicted molar refractivity (Wildman–Crippen MR) is 249 cm³/mol. The van der Waals surface area contributed by atoms with Gasteiger partial charge in [-0.1, -0.05) is 164 Å². The second kappa shape index (κ2) is 42.6. The zero-order valence-corrected chi connectivity index (χ0v) is 39.6. The van der Waals surface area contributed by atoms with Gasteiger partial charge in [-0.3, -0.25) is 9.36 Å². The van der Waals surface area contributed by atoms with Crippen LogP contribution in [0, 0.1) is 0 Å². The summed E-state index contributed by atoms with van der Waals surface area (Å²) in [6.45, 7) is 5.17. The zero-order chi connectivity index (χ0) is 43.4. The highest BCUT2D eigenvalue weighted by molar-refractivity contribution is 7.45. The predicted octanol–water partition coefficient (Wildman–Crippen LogP) is 13.6. The van der Waals surface area contributed by atoms with Crippen LogP contribution in [0.4, 0.5) is 0 Å². The number of phosphoric ester groups is 1. The molecule has 2 atom stereocenters. The molecule has 0 fully saturated rings. The smallest absolute Gasteiger partial charge is 0.306 e. The van der Waals surface area contributed by atoms with Gasteiger partial charge in [-0.25, -0.2) is 0 Å². The monoisotopic (exact) mass is 848 g/mol. The number of unbranched alkanes of at least 4 members (excludes halogenated alkanes) is 17. The summed E-state index contributed by atoms with van der Waals surface area (Å²) in [7, 11) is 1.32. The van der Waals surface area contributed by atoms with Gasteiger partial charge < -0.3 is 27.9 Å². The Kier molecular flexibility index (Phi) is 41.1. The molecule has 0 rings (SSSR count). The number of esters is 1. The third-order valence-electron chi connectivity index (χ3n) is 9.74. The average Bonchev–Trinajstić information content (AvgIpc) is 3.19. The Morgan fingerprint density at radius 1 is 0.542 bits per heavy atom. The van der Waals surface area contributed by atoms with Gasteiger partial charge in [0.2, 0.25) is 0 Å². The molecular weight excluding hydrogens is 758 g/mol. The van der Waals surface area contributed by atoms with E-state index < -0.39 is 13.9 Å². The number of hydrogen-bond acceptors (Lipinski definition) is 7. The van der Waals surface area contributed by atoms with Gasteiger partial charge in [0, 0.05) is 13.0 Å². The molecule has 0 heterocycles. The summed E-state index contributed by atoms with van der Waals surface area (Å²) >= 11 is 0. The fourth-order valence-corrected chi connectivity index (χ4v) is 6.82. The summed E-state index contributed by atoms with van der Waals surface area (Å²) in [6.07, 6.45) is 55.0. The average molecular weight is 848 g/mol. The summed E-state index contributed by atoms with van der Waals surface area (Å²) in [4.78, 5) is 25.1. The van der Waals surface area contributed by atoms with E-state index in [1.165, 1.54) is 89.9 Å². The van der Waals surface area contributed by atoms with Crippen LogP contribution in [0.1, 0.15) is 181 Å². The van der Waals surface area contributed by atoms with Crippen molar-refractivity contribution in [2.45, 2.75) is 187 Å². The Hall–Kier alpha value is -2.06. The minimum Gasteiger partial charge on any atom is -0.756 e. The molecule has 59 heavy (non-hydrogen) atoms. The number of carbonyl (C=O) groups is 1. The van der Waals surface area contributed by atoms with Crippen molar-refractivity contribution in [2.75, 3.05) is 54.1 Å². The van der Waals surface area contributed by atoms with Crippen molar-refractivity contribution < 1.29 is 37.3 Å². The van der Waals surface area contributed by atoms with Crippen molar-refractivity contribution in [3.05, 3.63) is 72.9 Å². The summed E-state index contributed by atoms with van der Waals surface area (Å²) in [5, 5.41) is 0. The molecule has 0 aromatic heterocycles. The number of ether oxygens (including phenoxy) is 2. The third-order valence-corrected chi connectivity index (χ3v) is 10.7. The van der Waals surface area contributed by atoms with Gasteiger partial charge in [0.15, 0.2) is 0 Å². The summed E-state index contributed by atoms with van der Waals surface area (Å²) in [6, 6.07) is 0. The van der Waals surface area contributed by atoms with Gasteiger partial charge in [-0.15, -0.1) is 0 Å². The van der Waals surface area contributed by atoms with Gasteiger partial charge in [-0.2, -0.15) is 0 Å². The molecule has 9 heteroatoms. The number of likely N-dealkylation sites (N-methyl/N-ethyl adjacent to an activating group) is 1. The second-order valence-electron chi connectivity index (χ2n) is 16.7. The maximum Gasteiger partial charge on any atom is 0.306 e. The summed E-state index contributed by atoms with van der Waals surface area (Å²) < 4.78 is 34.6. The van der Waals surface area contributed by atoms with Gasteiger partial charge in [0.05, 0.1) is 34.4 Å². The number of quaternary nitrogens is 1. The Morgan fingerprint density at radius 3 is 1.49 bits per heavy atom. The van der Waals surface area contributed by atoms with Gasteiger partial charge >= 0.3 is 5.97 Å². The molecule has 0 N–H and O–H groups in total. The van der Waals surface area contributed by atoms with Crippen LogP contribution in [-0.4, -0.2) is 70.7 Å².